The molecule has 86 valence electrons. The molecule has 0 aromatic heterocycles. The molecule has 0 amide bonds. The smallest absolute Gasteiger partial charge is 0.123 e. The topological polar surface area (TPSA) is 45.0 Å². The number of rotatable bonds is 5. The number of nitrogens with one attached hydrogen (secondary N) is 1. The third kappa shape index (κ3) is 2.98. The molecular weight excluding hydrogens is 200 g/mol. The molecule has 0 aliphatic rings. The van der Waals surface area contributed by atoms with Crippen molar-refractivity contribution in [2.24, 2.45) is 0 Å². The number of hydrogen-bond acceptors (Lipinski definition) is 3. The van der Waals surface area contributed by atoms with Gasteiger partial charge in [-0.3, -0.25) is 5.32 Å². The van der Waals surface area contributed by atoms with Crippen LogP contribution in [0, 0.1) is 11.3 Å². The van der Waals surface area contributed by atoms with Crippen molar-refractivity contribution in [2.45, 2.75) is 32.4 Å². The van der Waals surface area contributed by atoms with Gasteiger partial charge in [0.2, 0.25) is 0 Å². The lowest BCUT2D eigenvalue weighted by Gasteiger charge is -2.19. The summed E-state index contributed by atoms with van der Waals surface area (Å²) in [7, 11) is 1.66. The highest BCUT2D eigenvalue weighted by Gasteiger charge is 2.14. The first-order valence-corrected chi connectivity index (χ1v) is 5.51. The molecule has 1 aromatic carbocycles. The summed E-state index contributed by atoms with van der Waals surface area (Å²) in [6.07, 6.45) is 0.802. The number of para-hydroxylation sites is 1. The van der Waals surface area contributed by atoms with Crippen molar-refractivity contribution in [1.82, 2.24) is 5.32 Å². The lowest BCUT2D eigenvalue weighted by atomic mass is 10.1. The number of hydrogen-bond donors (Lipinski definition) is 1. The molecule has 1 unspecified atom stereocenters. The lowest BCUT2D eigenvalue weighted by Crippen LogP contribution is -2.29. The van der Waals surface area contributed by atoms with Crippen molar-refractivity contribution in [3.05, 3.63) is 29.8 Å². The van der Waals surface area contributed by atoms with Gasteiger partial charge in [0.05, 0.1) is 19.2 Å². The van der Waals surface area contributed by atoms with Gasteiger partial charge in [-0.05, 0) is 19.4 Å². The van der Waals surface area contributed by atoms with Crippen LogP contribution in [0.3, 0.4) is 0 Å². The first-order valence-electron chi connectivity index (χ1n) is 5.51. The molecule has 0 saturated carbocycles. The van der Waals surface area contributed by atoms with Gasteiger partial charge in [-0.2, -0.15) is 5.26 Å². The van der Waals surface area contributed by atoms with Crippen molar-refractivity contribution in [2.75, 3.05) is 7.11 Å². The van der Waals surface area contributed by atoms with Crippen molar-refractivity contribution >= 4 is 0 Å². The predicted molar refractivity (Wildman–Crippen MR) is 64.2 cm³/mol. The van der Waals surface area contributed by atoms with Gasteiger partial charge in [-0.25, -0.2) is 0 Å². The highest BCUT2D eigenvalue weighted by Crippen LogP contribution is 2.24. The van der Waals surface area contributed by atoms with Gasteiger partial charge in [0, 0.05) is 11.6 Å². The summed E-state index contributed by atoms with van der Waals surface area (Å²) in [5.74, 6) is 0.857. The normalized spacial score (nSPS) is 13.9. The van der Waals surface area contributed by atoms with Crippen LogP contribution in [0.1, 0.15) is 31.9 Å². The van der Waals surface area contributed by atoms with E-state index in [2.05, 4.69) is 11.4 Å². The Morgan fingerprint density at radius 1 is 1.44 bits per heavy atom. The number of nitriles is 1. The van der Waals surface area contributed by atoms with E-state index in [-0.39, 0.29) is 12.1 Å². The third-order valence-corrected chi connectivity index (χ3v) is 2.62. The SMILES string of the molecule is CCC(C#N)N[C@H](C)c1ccccc1OC. The number of methoxy groups -OCH3 is 1. The Morgan fingerprint density at radius 3 is 2.69 bits per heavy atom. The quantitative estimate of drug-likeness (QED) is 0.826. The fraction of sp³-hybridized carbons (Fsp3) is 0.462. The Labute approximate surface area is 97.0 Å². The van der Waals surface area contributed by atoms with Crippen LogP contribution in [-0.2, 0) is 0 Å². The molecule has 0 fully saturated rings. The molecule has 3 nitrogen and oxygen atoms in total. The van der Waals surface area contributed by atoms with Crippen LogP contribution >= 0.6 is 0 Å². The van der Waals surface area contributed by atoms with Crippen LogP contribution in [0.25, 0.3) is 0 Å². The minimum atomic E-state index is -0.111. The molecule has 1 aromatic rings. The summed E-state index contributed by atoms with van der Waals surface area (Å²) in [6.45, 7) is 4.04. The van der Waals surface area contributed by atoms with Crippen molar-refractivity contribution in [3.63, 3.8) is 0 Å². The lowest BCUT2D eigenvalue weighted by molar-refractivity contribution is 0.398. The first kappa shape index (κ1) is 12.5. The Hall–Kier alpha value is -1.53. The molecule has 0 aliphatic heterocycles. The van der Waals surface area contributed by atoms with E-state index in [1.165, 1.54) is 0 Å². The maximum Gasteiger partial charge on any atom is 0.123 e. The van der Waals surface area contributed by atoms with Crippen molar-refractivity contribution < 1.29 is 4.74 Å². The van der Waals surface area contributed by atoms with Gasteiger partial charge < -0.3 is 4.74 Å². The van der Waals surface area contributed by atoms with Crippen molar-refractivity contribution in [3.8, 4) is 11.8 Å². The van der Waals surface area contributed by atoms with E-state index in [0.717, 1.165) is 17.7 Å². The highest BCUT2D eigenvalue weighted by molar-refractivity contribution is 5.35. The summed E-state index contributed by atoms with van der Waals surface area (Å²) in [4.78, 5) is 0. The van der Waals surface area contributed by atoms with Gasteiger partial charge in [-0.1, -0.05) is 25.1 Å². The van der Waals surface area contributed by atoms with Crippen LogP contribution in [0.15, 0.2) is 24.3 Å². The fourth-order valence-corrected chi connectivity index (χ4v) is 1.66. The molecule has 1 N–H and O–H groups in total. The van der Waals surface area contributed by atoms with E-state index >= 15 is 0 Å². The average molecular weight is 218 g/mol. The highest BCUT2D eigenvalue weighted by atomic mass is 16.5. The standard InChI is InChI=1S/C13H18N2O/c1-4-11(9-14)15-10(2)12-7-5-6-8-13(12)16-3/h5-8,10-11,15H,4H2,1-3H3/t10-,11?/m1/s1. The molecule has 0 spiro atoms. The van der Waals surface area contributed by atoms with Crippen LogP contribution < -0.4 is 10.1 Å². The summed E-state index contributed by atoms with van der Waals surface area (Å²) in [6, 6.07) is 10.1. The zero-order valence-corrected chi connectivity index (χ0v) is 10.0. The Balaban J connectivity index is 2.80. The van der Waals surface area contributed by atoms with E-state index in [1.807, 2.05) is 38.1 Å². The van der Waals surface area contributed by atoms with E-state index in [0.29, 0.717) is 0 Å². The monoisotopic (exact) mass is 218 g/mol. The zero-order chi connectivity index (χ0) is 12.0. The van der Waals surface area contributed by atoms with Gasteiger partial charge in [0.25, 0.3) is 0 Å². The molecule has 0 saturated heterocycles. The summed E-state index contributed by atoms with van der Waals surface area (Å²) in [5, 5.41) is 12.2. The molecule has 3 heteroatoms. The van der Waals surface area contributed by atoms with E-state index in [9.17, 15) is 0 Å². The predicted octanol–water partition coefficient (Wildman–Crippen LogP) is 2.65. The molecule has 0 heterocycles. The Morgan fingerprint density at radius 2 is 2.12 bits per heavy atom. The van der Waals surface area contributed by atoms with Crippen LogP contribution in [0.4, 0.5) is 0 Å². The third-order valence-electron chi connectivity index (χ3n) is 2.62. The first-order chi connectivity index (χ1) is 7.72. The largest absolute Gasteiger partial charge is 0.496 e. The van der Waals surface area contributed by atoms with Crippen LogP contribution in [0.2, 0.25) is 0 Å². The van der Waals surface area contributed by atoms with E-state index < -0.39 is 0 Å². The van der Waals surface area contributed by atoms with E-state index in [1.54, 1.807) is 7.11 Å². The molecule has 16 heavy (non-hydrogen) atoms. The number of benzene rings is 1. The molecule has 0 aliphatic carbocycles. The summed E-state index contributed by atoms with van der Waals surface area (Å²) < 4.78 is 5.29. The second-order valence-electron chi connectivity index (χ2n) is 3.72. The van der Waals surface area contributed by atoms with Crippen molar-refractivity contribution in [1.29, 1.82) is 5.26 Å². The van der Waals surface area contributed by atoms with Crippen LogP contribution in [-0.4, -0.2) is 13.2 Å². The van der Waals surface area contributed by atoms with Gasteiger partial charge in [0.1, 0.15) is 5.75 Å². The van der Waals surface area contributed by atoms with Gasteiger partial charge in [0.15, 0.2) is 0 Å². The van der Waals surface area contributed by atoms with Gasteiger partial charge >= 0.3 is 0 Å². The average Bonchev–Trinajstić information content (AvgIpc) is 2.35. The molecule has 1 rings (SSSR count). The second kappa shape index (κ2) is 6.14. The summed E-state index contributed by atoms with van der Waals surface area (Å²) >= 11 is 0. The Kier molecular flexibility index (Phi) is 4.81. The molecule has 0 radical (unpaired) electrons. The maximum absolute atomic E-state index is 8.90. The zero-order valence-electron chi connectivity index (χ0n) is 10.0. The van der Waals surface area contributed by atoms with Gasteiger partial charge in [-0.15, -0.1) is 0 Å². The van der Waals surface area contributed by atoms with Crippen LogP contribution in [0.5, 0.6) is 5.75 Å². The second-order valence-corrected chi connectivity index (χ2v) is 3.72. The minimum absolute atomic E-state index is 0.111. The minimum Gasteiger partial charge on any atom is -0.496 e. The number of ether oxygens (including phenoxy) is 1. The number of nitrogens with zero attached hydrogens (tertiary/aromatic N) is 1. The molecular formula is C13H18N2O. The Bertz CT molecular complexity index is 370. The molecule has 0 bridgehead atoms. The molecule has 2 atom stereocenters. The fourth-order valence-electron chi connectivity index (χ4n) is 1.66. The summed E-state index contributed by atoms with van der Waals surface area (Å²) in [5.41, 5.74) is 1.08. The van der Waals surface area contributed by atoms with E-state index in [4.69, 9.17) is 10.00 Å². The maximum atomic E-state index is 8.90.